The van der Waals surface area contributed by atoms with E-state index in [-0.39, 0.29) is 11.2 Å². The molecule has 0 spiro atoms. The Labute approximate surface area is 195 Å². The molecule has 33 heavy (non-hydrogen) atoms. The minimum Gasteiger partial charge on any atom is -0.359 e. The molecule has 0 atom stereocenters. The van der Waals surface area contributed by atoms with Gasteiger partial charge in [-0.1, -0.05) is 54.5 Å². The largest absolute Gasteiger partial charge is 0.359 e. The lowest BCUT2D eigenvalue weighted by atomic mass is 9.74. The zero-order chi connectivity index (χ0) is 23.1. The van der Waals surface area contributed by atoms with E-state index in [0.29, 0.717) is 17.8 Å². The van der Waals surface area contributed by atoms with Gasteiger partial charge in [0.15, 0.2) is 5.76 Å². The first kappa shape index (κ1) is 23.2. The van der Waals surface area contributed by atoms with Crippen LogP contribution in [0.4, 0.5) is 4.39 Å². The molecule has 0 unspecified atom stereocenters. The van der Waals surface area contributed by atoms with Gasteiger partial charge in [-0.05, 0) is 69.7 Å². The van der Waals surface area contributed by atoms with Crippen molar-refractivity contribution in [2.24, 2.45) is 0 Å². The average Bonchev–Trinajstić information content (AvgIpc) is 3.33. The number of halogens is 1. The second kappa shape index (κ2) is 10.7. The van der Waals surface area contributed by atoms with Crippen molar-refractivity contribution in [3.05, 3.63) is 77.8 Å². The number of hydrogen-bond donors (Lipinski definition) is 0. The lowest BCUT2D eigenvalue weighted by Gasteiger charge is -2.37. The third-order valence-corrected chi connectivity index (χ3v) is 6.73. The summed E-state index contributed by atoms with van der Waals surface area (Å²) in [5.74, 6) is 0.452. The highest BCUT2D eigenvalue weighted by atomic mass is 19.1. The van der Waals surface area contributed by atoms with E-state index in [0.717, 1.165) is 63.3 Å². The van der Waals surface area contributed by atoms with Crippen LogP contribution in [-0.2, 0) is 12.0 Å². The van der Waals surface area contributed by atoms with Crippen LogP contribution in [-0.4, -0.2) is 47.7 Å². The first-order valence-corrected chi connectivity index (χ1v) is 11.8. The molecular formula is C27H31FN4O. The molecule has 1 aromatic heterocycles. The van der Waals surface area contributed by atoms with Crippen LogP contribution in [0, 0.1) is 17.1 Å². The van der Waals surface area contributed by atoms with Gasteiger partial charge in [0.2, 0.25) is 0 Å². The Kier molecular flexibility index (Phi) is 7.54. The Morgan fingerprint density at radius 3 is 2.55 bits per heavy atom. The van der Waals surface area contributed by atoms with E-state index in [4.69, 9.17) is 4.52 Å². The molecule has 2 aromatic carbocycles. The third kappa shape index (κ3) is 5.50. The minimum absolute atomic E-state index is 0.293. The van der Waals surface area contributed by atoms with Crippen LogP contribution >= 0.6 is 0 Å². The van der Waals surface area contributed by atoms with Crippen LogP contribution in [0.3, 0.4) is 0 Å². The maximum Gasteiger partial charge on any atom is 0.151 e. The number of piperidine rings is 1. The van der Waals surface area contributed by atoms with E-state index in [1.165, 1.54) is 6.07 Å². The SMILES string of the molecule is CCN(CCCN1CCC(C#N)(c2ccccc2)CC1)Cc1cc(-c2ccccc2F)no1. The quantitative estimate of drug-likeness (QED) is 0.449. The zero-order valence-electron chi connectivity index (χ0n) is 19.2. The van der Waals surface area contributed by atoms with Gasteiger partial charge in [-0.3, -0.25) is 4.90 Å². The molecule has 3 aromatic rings. The second-order valence-corrected chi connectivity index (χ2v) is 8.78. The molecule has 0 aliphatic carbocycles. The minimum atomic E-state index is -0.352. The van der Waals surface area contributed by atoms with Gasteiger partial charge in [-0.15, -0.1) is 0 Å². The molecule has 6 heteroatoms. The highest BCUT2D eigenvalue weighted by Crippen LogP contribution is 2.34. The molecule has 0 radical (unpaired) electrons. The average molecular weight is 447 g/mol. The normalized spacial score (nSPS) is 16.1. The van der Waals surface area contributed by atoms with Crippen molar-refractivity contribution in [2.75, 3.05) is 32.7 Å². The van der Waals surface area contributed by atoms with Crippen molar-refractivity contribution in [3.63, 3.8) is 0 Å². The predicted molar refractivity (Wildman–Crippen MR) is 127 cm³/mol. The molecule has 172 valence electrons. The Bertz CT molecular complexity index is 1070. The van der Waals surface area contributed by atoms with Gasteiger partial charge in [0.05, 0.1) is 18.0 Å². The van der Waals surface area contributed by atoms with Crippen molar-refractivity contribution in [1.82, 2.24) is 15.0 Å². The van der Waals surface area contributed by atoms with E-state index < -0.39 is 0 Å². The Hall–Kier alpha value is -3.01. The lowest BCUT2D eigenvalue weighted by molar-refractivity contribution is 0.168. The highest BCUT2D eigenvalue weighted by molar-refractivity contribution is 5.59. The molecule has 0 N–H and O–H groups in total. The highest BCUT2D eigenvalue weighted by Gasteiger charge is 2.36. The van der Waals surface area contributed by atoms with Crippen LogP contribution < -0.4 is 0 Å². The van der Waals surface area contributed by atoms with E-state index in [2.05, 4.69) is 40.1 Å². The van der Waals surface area contributed by atoms with Gasteiger partial charge in [0.25, 0.3) is 0 Å². The molecule has 0 bridgehead atoms. The summed E-state index contributed by atoms with van der Waals surface area (Å²) in [5.41, 5.74) is 1.79. The lowest BCUT2D eigenvalue weighted by Crippen LogP contribution is -2.42. The first-order valence-electron chi connectivity index (χ1n) is 11.8. The molecule has 1 saturated heterocycles. The van der Waals surface area contributed by atoms with E-state index in [9.17, 15) is 9.65 Å². The summed E-state index contributed by atoms with van der Waals surface area (Å²) in [6.45, 7) is 7.56. The topological polar surface area (TPSA) is 56.3 Å². The van der Waals surface area contributed by atoms with E-state index in [1.54, 1.807) is 18.2 Å². The fourth-order valence-electron chi connectivity index (χ4n) is 4.65. The number of hydrogen-bond acceptors (Lipinski definition) is 5. The van der Waals surface area contributed by atoms with Gasteiger partial charge in [-0.2, -0.15) is 5.26 Å². The van der Waals surface area contributed by atoms with Crippen molar-refractivity contribution in [2.45, 2.75) is 38.1 Å². The summed E-state index contributed by atoms with van der Waals surface area (Å²) in [7, 11) is 0. The standard InChI is InChI=1S/C27H31FN4O/c1-2-31(20-23-19-26(30-33-23)24-11-6-7-12-25(24)28)15-8-16-32-17-13-27(21-29,14-18-32)22-9-4-3-5-10-22/h3-7,9-12,19H,2,8,13-18,20H2,1H3. The Morgan fingerprint density at radius 1 is 1.12 bits per heavy atom. The van der Waals surface area contributed by atoms with Gasteiger partial charge in [-0.25, -0.2) is 4.39 Å². The maximum absolute atomic E-state index is 14.0. The monoisotopic (exact) mass is 446 g/mol. The zero-order valence-corrected chi connectivity index (χ0v) is 19.2. The predicted octanol–water partition coefficient (Wildman–Crippen LogP) is 5.25. The molecule has 1 aliphatic heterocycles. The molecule has 5 nitrogen and oxygen atoms in total. The van der Waals surface area contributed by atoms with Crippen LogP contribution in [0.5, 0.6) is 0 Å². The van der Waals surface area contributed by atoms with Gasteiger partial charge in [0.1, 0.15) is 11.5 Å². The van der Waals surface area contributed by atoms with E-state index >= 15 is 0 Å². The number of benzene rings is 2. The van der Waals surface area contributed by atoms with Crippen molar-refractivity contribution < 1.29 is 8.91 Å². The Balaban J connectivity index is 1.25. The van der Waals surface area contributed by atoms with Crippen LogP contribution in [0.25, 0.3) is 11.3 Å². The maximum atomic E-state index is 14.0. The van der Waals surface area contributed by atoms with E-state index in [1.807, 2.05) is 24.3 Å². The summed E-state index contributed by atoms with van der Waals surface area (Å²) in [6, 6.07) is 21.3. The summed E-state index contributed by atoms with van der Waals surface area (Å²) >= 11 is 0. The summed E-state index contributed by atoms with van der Waals surface area (Å²) in [4.78, 5) is 4.79. The van der Waals surface area contributed by atoms with Gasteiger partial charge >= 0.3 is 0 Å². The number of likely N-dealkylation sites (tertiary alicyclic amines) is 1. The Morgan fingerprint density at radius 2 is 1.85 bits per heavy atom. The third-order valence-electron chi connectivity index (χ3n) is 6.73. The van der Waals surface area contributed by atoms with Gasteiger partial charge < -0.3 is 9.42 Å². The molecule has 4 rings (SSSR count). The molecule has 1 fully saturated rings. The van der Waals surface area contributed by atoms with Crippen LogP contribution in [0.1, 0.15) is 37.5 Å². The number of rotatable bonds is 9. The fourth-order valence-corrected chi connectivity index (χ4v) is 4.65. The first-order chi connectivity index (χ1) is 16.1. The summed E-state index contributed by atoms with van der Waals surface area (Å²) < 4.78 is 19.5. The summed E-state index contributed by atoms with van der Waals surface area (Å²) in [6.07, 6.45) is 2.80. The second-order valence-electron chi connectivity index (χ2n) is 8.78. The number of nitrogens with zero attached hydrogens (tertiary/aromatic N) is 4. The molecule has 1 aliphatic rings. The molecule has 0 amide bonds. The van der Waals surface area contributed by atoms with Crippen LogP contribution in [0.2, 0.25) is 0 Å². The van der Waals surface area contributed by atoms with Gasteiger partial charge in [0, 0.05) is 11.6 Å². The summed E-state index contributed by atoms with van der Waals surface area (Å²) in [5, 5.41) is 13.9. The van der Waals surface area contributed by atoms with Crippen molar-refractivity contribution >= 4 is 0 Å². The molecule has 2 heterocycles. The van der Waals surface area contributed by atoms with Crippen molar-refractivity contribution in [3.8, 4) is 17.3 Å². The molecule has 0 saturated carbocycles. The fraction of sp³-hybridized carbons (Fsp3) is 0.407. The smallest absolute Gasteiger partial charge is 0.151 e. The number of nitriles is 1. The molecular weight excluding hydrogens is 415 g/mol. The van der Waals surface area contributed by atoms with Crippen LogP contribution in [0.15, 0.2) is 65.2 Å². The van der Waals surface area contributed by atoms with Crippen molar-refractivity contribution in [1.29, 1.82) is 5.26 Å². The number of aromatic nitrogens is 1.